The number of aryl methyl sites for hydroxylation is 1. The van der Waals surface area contributed by atoms with Crippen LogP contribution in [0, 0.1) is 0 Å². The molecule has 1 atom stereocenters. The topological polar surface area (TPSA) is 59.2 Å². The van der Waals surface area contributed by atoms with Crippen LogP contribution in [0.5, 0.6) is 0 Å². The molecular weight excluding hydrogens is 254 g/mol. The molecule has 1 aromatic carbocycles. The van der Waals surface area contributed by atoms with Crippen molar-refractivity contribution in [1.82, 2.24) is 15.0 Å². The summed E-state index contributed by atoms with van der Waals surface area (Å²) in [4.78, 5) is 17.8. The number of hydrogen-bond donors (Lipinski definition) is 0. The van der Waals surface area contributed by atoms with Crippen molar-refractivity contribution < 1.29 is 9.32 Å². The smallest absolute Gasteiger partial charge is 0.232 e. The first-order valence-electron chi connectivity index (χ1n) is 6.85. The first-order chi connectivity index (χ1) is 9.69. The third-order valence-electron chi connectivity index (χ3n) is 3.77. The molecule has 5 heteroatoms. The number of hydrogen-bond acceptors (Lipinski definition) is 4. The van der Waals surface area contributed by atoms with Gasteiger partial charge in [-0.05, 0) is 12.0 Å². The Kier molecular flexibility index (Phi) is 3.26. The van der Waals surface area contributed by atoms with Crippen LogP contribution in [0.1, 0.15) is 30.7 Å². The summed E-state index contributed by atoms with van der Waals surface area (Å²) in [5, 5.41) is 4.07. The normalized spacial score (nSPS) is 18.8. The molecule has 0 bridgehead atoms. The van der Waals surface area contributed by atoms with E-state index in [1.165, 1.54) is 5.56 Å². The van der Waals surface area contributed by atoms with Crippen LogP contribution in [0.25, 0.3) is 11.4 Å². The van der Waals surface area contributed by atoms with E-state index < -0.39 is 0 Å². The lowest BCUT2D eigenvalue weighted by Crippen LogP contribution is -2.18. The van der Waals surface area contributed by atoms with E-state index in [-0.39, 0.29) is 11.8 Å². The average Bonchev–Trinajstić information content (AvgIpc) is 3.07. The molecule has 0 unspecified atom stereocenters. The van der Waals surface area contributed by atoms with Crippen molar-refractivity contribution in [1.29, 1.82) is 0 Å². The van der Waals surface area contributed by atoms with Gasteiger partial charge in [-0.15, -0.1) is 0 Å². The Labute approximate surface area is 117 Å². The molecule has 5 nitrogen and oxygen atoms in total. The van der Waals surface area contributed by atoms with Gasteiger partial charge in [-0.3, -0.25) is 4.79 Å². The minimum atomic E-state index is 0.0162. The number of likely N-dealkylation sites (tertiary alicyclic amines) is 1. The summed E-state index contributed by atoms with van der Waals surface area (Å²) in [7, 11) is 1.80. The molecule has 0 aliphatic carbocycles. The van der Waals surface area contributed by atoms with E-state index in [4.69, 9.17) is 4.52 Å². The van der Waals surface area contributed by atoms with Crippen molar-refractivity contribution in [2.75, 3.05) is 13.6 Å². The largest absolute Gasteiger partial charge is 0.345 e. The van der Waals surface area contributed by atoms with Crippen LogP contribution in [-0.2, 0) is 11.2 Å². The lowest BCUT2D eigenvalue weighted by Gasteiger charge is -2.06. The van der Waals surface area contributed by atoms with Gasteiger partial charge >= 0.3 is 0 Å². The van der Waals surface area contributed by atoms with Crippen molar-refractivity contribution in [3.63, 3.8) is 0 Å². The lowest BCUT2D eigenvalue weighted by molar-refractivity contribution is -0.126. The van der Waals surface area contributed by atoms with Crippen molar-refractivity contribution >= 4 is 5.91 Å². The van der Waals surface area contributed by atoms with Gasteiger partial charge in [-0.1, -0.05) is 36.3 Å². The van der Waals surface area contributed by atoms with Crippen molar-refractivity contribution in [3.05, 3.63) is 35.7 Å². The fourth-order valence-corrected chi connectivity index (χ4v) is 2.59. The second kappa shape index (κ2) is 5.07. The van der Waals surface area contributed by atoms with E-state index in [2.05, 4.69) is 23.1 Å². The van der Waals surface area contributed by atoms with Crippen LogP contribution in [0.3, 0.4) is 0 Å². The summed E-state index contributed by atoms with van der Waals surface area (Å²) in [6, 6.07) is 8.04. The molecule has 104 valence electrons. The standard InChI is InChI=1S/C15H17N3O2/c1-3-10-6-4-5-7-12(10)14-16-15(20-17-14)11-8-13(19)18(2)9-11/h4-7,11H,3,8-9H2,1-2H3/t11-/m1/s1. The molecule has 20 heavy (non-hydrogen) atoms. The molecule has 1 aliphatic rings. The Bertz CT molecular complexity index is 636. The molecule has 0 N–H and O–H groups in total. The summed E-state index contributed by atoms with van der Waals surface area (Å²) in [5.41, 5.74) is 2.20. The number of carbonyl (C=O) groups excluding carboxylic acids is 1. The molecule has 1 saturated heterocycles. The van der Waals surface area contributed by atoms with Gasteiger partial charge in [0.25, 0.3) is 0 Å². The highest BCUT2D eigenvalue weighted by Gasteiger charge is 2.32. The molecule has 0 spiro atoms. The van der Waals surface area contributed by atoms with Gasteiger partial charge in [0, 0.05) is 25.6 Å². The van der Waals surface area contributed by atoms with Crippen LogP contribution >= 0.6 is 0 Å². The average molecular weight is 271 g/mol. The van der Waals surface area contributed by atoms with Gasteiger partial charge in [0.15, 0.2) is 0 Å². The molecule has 0 radical (unpaired) electrons. The Morgan fingerprint density at radius 2 is 2.20 bits per heavy atom. The predicted octanol–water partition coefficient (Wildman–Crippen LogP) is 2.24. The second-order valence-electron chi connectivity index (χ2n) is 5.14. The number of rotatable bonds is 3. The number of nitrogens with zero attached hydrogens (tertiary/aromatic N) is 3. The summed E-state index contributed by atoms with van der Waals surface area (Å²) in [5.74, 6) is 1.31. The van der Waals surface area contributed by atoms with Gasteiger partial charge in [0.2, 0.25) is 17.6 Å². The SMILES string of the molecule is CCc1ccccc1-c1noc([C@@H]2CC(=O)N(C)C2)n1. The molecular formula is C15H17N3O2. The third kappa shape index (κ3) is 2.19. The van der Waals surface area contributed by atoms with Gasteiger partial charge in [0.1, 0.15) is 0 Å². The van der Waals surface area contributed by atoms with Crippen molar-refractivity contribution in [2.45, 2.75) is 25.7 Å². The monoisotopic (exact) mass is 271 g/mol. The Morgan fingerprint density at radius 3 is 2.90 bits per heavy atom. The van der Waals surface area contributed by atoms with Crippen LogP contribution in [0.15, 0.2) is 28.8 Å². The van der Waals surface area contributed by atoms with E-state index in [1.54, 1.807) is 11.9 Å². The maximum absolute atomic E-state index is 11.6. The molecule has 3 rings (SSSR count). The molecule has 1 fully saturated rings. The Balaban J connectivity index is 1.89. The predicted molar refractivity (Wildman–Crippen MR) is 74.1 cm³/mol. The quantitative estimate of drug-likeness (QED) is 0.859. The molecule has 0 saturated carbocycles. The zero-order valence-corrected chi connectivity index (χ0v) is 11.7. The van der Waals surface area contributed by atoms with E-state index >= 15 is 0 Å². The van der Waals surface area contributed by atoms with Crippen molar-refractivity contribution in [2.24, 2.45) is 0 Å². The highest BCUT2D eigenvalue weighted by molar-refractivity contribution is 5.79. The van der Waals surface area contributed by atoms with Crippen LogP contribution in [0.2, 0.25) is 0 Å². The third-order valence-corrected chi connectivity index (χ3v) is 3.77. The van der Waals surface area contributed by atoms with Crippen LogP contribution in [0.4, 0.5) is 0 Å². The first-order valence-corrected chi connectivity index (χ1v) is 6.85. The van der Waals surface area contributed by atoms with E-state index in [0.29, 0.717) is 24.7 Å². The number of aromatic nitrogens is 2. The summed E-state index contributed by atoms with van der Waals surface area (Å²) < 4.78 is 5.36. The summed E-state index contributed by atoms with van der Waals surface area (Å²) in [6.45, 7) is 2.75. The maximum atomic E-state index is 11.6. The van der Waals surface area contributed by atoms with Crippen LogP contribution in [-0.4, -0.2) is 34.5 Å². The second-order valence-corrected chi connectivity index (χ2v) is 5.14. The number of benzene rings is 1. The van der Waals surface area contributed by atoms with E-state index in [9.17, 15) is 4.79 Å². The Morgan fingerprint density at radius 1 is 1.40 bits per heavy atom. The van der Waals surface area contributed by atoms with Gasteiger partial charge in [-0.2, -0.15) is 4.98 Å². The molecule has 2 aromatic rings. The van der Waals surface area contributed by atoms with Crippen LogP contribution < -0.4 is 0 Å². The fourth-order valence-electron chi connectivity index (χ4n) is 2.59. The molecule has 1 aromatic heterocycles. The molecule has 2 heterocycles. The van der Waals surface area contributed by atoms with Crippen molar-refractivity contribution in [3.8, 4) is 11.4 Å². The summed E-state index contributed by atoms with van der Waals surface area (Å²) >= 11 is 0. The minimum absolute atomic E-state index is 0.0162. The fraction of sp³-hybridized carbons (Fsp3) is 0.400. The lowest BCUT2D eigenvalue weighted by atomic mass is 10.0. The van der Waals surface area contributed by atoms with E-state index in [0.717, 1.165) is 12.0 Å². The van der Waals surface area contributed by atoms with E-state index in [1.807, 2.05) is 18.2 Å². The maximum Gasteiger partial charge on any atom is 0.232 e. The van der Waals surface area contributed by atoms with Gasteiger partial charge < -0.3 is 9.42 Å². The highest BCUT2D eigenvalue weighted by atomic mass is 16.5. The number of likely N-dealkylation sites (N-methyl/N-ethyl adjacent to an activating group) is 1. The summed E-state index contributed by atoms with van der Waals surface area (Å²) in [6.07, 6.45) is 1.37. The highest BCUT2D eigenvalue weighted by Crippen LogP contribution is 2.28. The minimum Gasteiger partial charge on any atom is -0.345 e. The number of carbonyl (C=O) groups is 1. The molecule has 1 amide bonds. The van der Waals surface area contributed by atoms with Gasteiger partial charge in [-0.25, -0.2) is 0 Å². The zero-order valence-electron chi connectivity index (χ0n) is 11.7. The Hall–Kier alpha value is -2.17. The molecule has 1 aliphatic heterocycles. The first kappa shape index (κ1) is 12.8. The zero-order chi connectivity index (χ0) is 14.1. The number of amides is 1. The van der Waals surface area contributed by atoms with Gasteiger partial charge in [0.05, 0.1) is 5.92 Å².